The molecule has 9 aromatic rings. The molecule has 2 aliphatic carbocycles. The van der Waals surface area contributed by atoms with Crippen molar-refractivity contribution < 1.29 is 0 Å². The van der Waals surface area contributed by atoms with E-state index >= 15 is 0 Å². The summed E-state index contributed by atoms with van der Waals surface area (Å²) < 4.78 is 0. The zero-order chi connectivity index (χ0) is 36.0. The van der Waals surface area contributed by atoms with Crippen LogP contribution in [0.5, 0.6) is 0 Å². The summed E-state index contributed by atoms with van der Waals surface area (Å²) in [5.74, 6) is 0. The summed E-state index contributed by atoms with van der Waals surface area (Å²) >= 11 is 0. The minimum absolute atomic E-state index is 0.190. The van der Waals surface area contributed by atoms with Crippen LogP contribution < -0.4 is 4.90 Å². The molecule has 0 saturated carbocycles. The Morgan fingerprint density at radius 2 is 1.00 bits per heavy atom. The molecule has 1 nitrogen and oxygen atoms in total. The molecule has 2 aliphatic rings. The van der Waals surface area contributed by atoms with Gasteiger partial charge in [0.2, 0.25) is 0 Å². The fourth-order valence-corrected chi connectivity index (χ4v) is 9.35. The van der Waals surface area contributed by atoms with Gasteiger partial charge in [-0.25, -0.2) is 0 Å². The first kappa shape index (κ1) is 30.9. The van der Waals surface area contributed by atoms with Crippen molar-refractivity contribution in [2.75, 3.05) is 4.90 Å². The highest BCUT2D eigenvalue weighted by molar-refractivity contribution is 6.21. The van der Waals surface area contributed by atoms with E-state index in [1.807, 2.05) is 0 Å². The quantitative estimate of drug-likeness (QED) is 0.174. The van der Waals surface area contributed by atoms with Crippen molar-refractivity contribution >= 4 is 38.6 Å². The first-order valence-electron chi connectivity index (χ1n) is 18.9. The summed E-state index contributed by atoms with van der Waals surface area (Å²) in [6.45, 7) is 4.79. The average Bonchev–Trinajstić information content (AvgIpc) is 3.47. The first-order valence-corrected chi connectivity index (χ1v) is 18.9. The van der Waals surface area contributed by atoms with E-state index in [1.54, 1.807) is 0 Å². The molecular formula is C53H37N. The third-order valence-electron chi connectivity index (χ3n) is 11.9. The van der Waals surface area contributed by atoms with Crippen molar-refractivity contribution in [1.82, 2.24) is 0 Å². The number of rotatable bonds is 5. The fraction of sp³-hybridized carbons (Fsp3) is 0.0566. The molecule has 9 aromatic carbocycles. The van der Waals surface area contributed by atoms with Gasteiger partial charge in [0.1, 0.15) is 0 Å². The predicted molar refractivity (Wildman–Crippen MR) is 229 cm³/mol. The van der Waals surface area contributed by atoms with Crippen molar-refractivity contribution in [3.8, 4) is 55.6 Å². The standard InChI is InChI=1S/C53H37N/c1-53(2)48-22-12-11-20-43(48)44-21-13-23-49(51(44)53)54(41-28-26-36(27-29-41)34-14-5-3-6-15-34)52-42-19-10-9-18-39(42)32-46-45-31-38-25-24-37(35-16-7-4-8-17-35)30-40(38)33-47(45)50(46)52/h3-33H,1-2H3. The Morgan fingerprint density at radius 1 is 0.389 bits per heavy atom. The predicted octanol–water partition coefficient (Wildman–Crippen LogP) is 14.8. The van der Waals surface area contributed by atoms with Gasteiger partial charge >= 0.3 is 0 Å². The number of benzene rings is 9. The molecule has 0 fully saturated rings. The van der Waals surface area contributed by atoms with Crippen molar-refractivity contribution in [3.05, 3.63) is 199 Å². The highest BCUT2D eigenvalue weighted by atomic mass is 15.2. The van der Waals surface area contributed by atoms with E-state index in [4.69, 9.17) is 0 Å². The van der Waals surface area contributed by atoms with Gasteiger partial charge < -0.3 is 4.90 Å². The van der Waals surface area contributed by atoms with Crippen LogP contribution in [0.1, 0.15) is 25.0 Å². The summed E-state index contributed by atoms with van der Waals surface area (Å²) in [5, 5.41) is 5.02. The van der Waals surface area contributed by atoms with Crippen LogP contribution in [0.15, 0.2) is 188 Å². The van der Waals surface area contributed by atoms with Gasteiger partial charge in [0.05, 0.1) is 11.4 Å². The number of hydrogen-bond donors (Lipinski definition) is 0. The van der Waals surface area contributed by atoms with Crippen LogP contribution in [0.2, 0.25) is 0 Å². The lowest BCUT2D eigenvalue weighted by atomic mass is 9.75. The van der Waals surface area contributed by atoms with Crippen molar-refractivity contribution in [2.24, 2.45) is 0 Å². The molecule has 1 heteroatoms. The Labute approximate surface area is 316 Å². The van der Waals surface area contributed by atoms with Gasteiger partial charge in [0.25, 0.3) is 0 Å². The van der Waals surface area contributed by atoms with Crippen LogP contribution in [0.25, 0.3) is 77.2 Å². The third kappa shape index (κ3) is 4.52. The third-order valence-corrected chi connectivity index (χ3v) is 11.9. The lowest BCUT2D eigenvalue weighted by Crippen LogP contribution is -2.22. The lowest BCUT2D eigenvalue weighted by molar-refractivity contribution is 0.661. The molecule has 0 aliphatic heterocycles. The van der Waals surface area contributed by atoms with E-state index in [-0.39, 0.29) is 5.41 Å². The Bertz CT molecular complexity index is 2940. The van der Waals surface area contributed by atoms with Crippen LogP contribution in [0.4, 0.5) is 17.1 Å². The van der Waals surface area contributed by atoms with Gasteiger partial charge in [-0.05, 0) is 120 Å². The van der Waals surface area contributed by atoms with Gasteiger partial charge in [0, 0.05) is 22.1 Å². The van der Waals surface area contributed by atoms with Crippen molar-refractivity contribution in [1.29, 1.82) is 0 Å². The molecular weight excluding hydrogens is 651 g/mol. The monoisotopic (exact) mass is 687 g/mol. The zero-order valence-electron chi connectivity index (χ0n) is 30.3. The van der Waals surface area contributed by atoms with Crippen molar-refractivity contribution in [2.45, 2.75) is 19.3 Å². The average molecular weight is 688 g/mol. The molecule has 0 atom stereocenters. The molecule has 254 valence electrons. The van der Waals surface area contributed by atoms with E-state index in [0.29, 0.717) is 0 Å². The van der Waals surface area contributed by atoms with Crippen molar-refractivity contribution in [3.63, 3.8) is 0 Å². The van der Waals surface area contributed by atoms with Crippen LogP contribution in [-0.4, -0.2) is 0 Å². The summed E-state index contributed by atoms with van der Waals surface area (Å²) in [5.41, 5.74) is 19.0. The van der Waals surface area contributed by atoms with E-state index in [2.05, 4.69) is 207 Å². The van der Waals surface area contributed by atoms with E-state index < -0.39 is 0 Å². The van der Waals surface area contributed by atoms with Crippen LogP contribution in [0, 0.1) is 0 Å². The van der Waals surface area contributed by atoms with Gasteiger partial charge in [-0.15, -0.1) is 0 Å². The first-order chi connectivity index (χ1) is 26.5. The zero-order valence-corrected chi connectivity index (χ0v) is 30.3. The number of hydrogen-bond acceptors (Lipinski definition) is 1. The maximum Gasteiger partial charge on any atom is 0.0625 e. The maximum absolute atomic E-state index is 2.58. The Balaban J connectivity index is 1.18. The molecule has 0 radical (unpaired) electrons. The molecule has 0 spiro atoms. The number of nitrogens with zero attached hydrogens (tertiary/aromatic N) is 1. The van der Waals surface area contributed by atoms with E-state index in [0.717, 1.165) is 5.69 Å². The molecule has 0 unspecified atom stereocenters. The summed E-state index contributed by atoms with van der Waals surface area (Å²) in [7, 11) is 0. The molecule has 0 bridgehead atoms. The summed E-state index contributed by atoms with van der Waals surface area (Å²) in [4.78, 5) is 2.58. The molecule has 54 heavy (non-hydrogen) atoms. The Kier molecular flexibility index (Phi) is 6.66. The second-order valence-corrected chi connectivity index (χ2v) is 15.3. The van der Waals surface area contributed by atoms with Gasteiger partial charge in [-0.1, -0.05) is 159 Å². The fourth-order valence-electron chi connectivity index (χ4n) is 9.35. The maximum atomic E-state index is 2.58. The van der Waals surface area contributed by atoms with Crippen LogP contribution >= 0.6 is 0 Å². The van der Waals surface area contributed by atoms with E-state index in [1.165, 1.54) is 99.7 Å². The highest BCUT2D eigenvalue weighted by Gasteiger charge is 2.40. The largest absolute Gasteiger partial charge is 0.309 e. The molecule has 0 aromatic heterocycles. The second kappa shape index (κ2) is 11.7. The molecule has 11 rings (SSSR count). The minimum Gasteiger partial charge on any atom is -0.309 e. The SMILES string of the molecule is CC1(C)c2ccccc2-c2cccc(N(c3ccc(-c4ccccc4)cc3)c3c4c(cc5ccccc35)-c3cc5ccc(-c6ccccc6)cc5cc3-4)c21. The van der Waals surface area contributed by atoms with Gasteiger partial charge in [-0.2, -0.15) is 0 Å². The molecule has 0 N–H and O–H groups in total. The minimum atomic E-state index is -0.190. The summed E-state index contributed by atoms with van der Waals surface area (Å²) in [6.07, 6.45) is 0. The molecule has 0 amide bonds. The smallest absolute Gasteiger partial charge is 0.0625 e. The molecule has 0 saturated heterocycles. The second-order valence-electron chi connectivity index (χ2n) is 15.3. The highest BCUT2D eigenvalue weighted by Crippen LogP contribution is 2.60. The van der Waals surface area contributed by atoms with Crippen LogP contribution in [-0.2, 0) is 5.41 Å². The summed E-state index contributed by atoms with van der Waals surface area (Å²) in [6, 6.07) is 69.6. The van der Waals surface area contributed by atoms with Crippen LogP contribution in [0.3, 0.4) is 0 Å². The number of fused-ring (bicyclic) bond motifs is 9. The van der Waals surface area contributed by atoms with E-state index in [9.17, 15) is 0 Å². The topological polar surface area (TPSA) is 3.24 Å². The Hall–Kier alpha value is -6.70. The van der Waals surface area contributed by atoms with Gasteiger partial charge in [0.15, 0.2) is 0 Å². The molecule has 0 heterocycles. The number of anilines is 3. The lowest BCUT2D eigenvalue weighted by Gasteiger charge is -2.37. The normalized spacial score (nSPS) is 13.1. The Morgan fingerprint density at radius 3 is 1.80 bits per heavy atom. The van der Waals surface area contributed by atoms with Gasteiger partial charge in [-0.3, -0.25) is 0 Å².